The van der Waals surface area contributed by atoms with Gasteiger partial charge in [-0.15, -0.1) is 0 Å². The summed E-state index contributed by atoms with van der Waals surface area (Å²) in [7, 11) is 3.16. The zero-order valence-electron chi connectivity index (χ0n) is 10.9. The van der Waals surface area contributed by atoms with Gasteiger partial charge in [-0.25, -0.2) is 0 Å². The highest BCUT2D eigenvalue weighted by molar-refractivity contribution is 6.04. The Balaban J connectivity index is 2.40. The molecule has 0 saturated carbocycles. The molecule has 0 aromatic heterocycles. The standard InChI is InChI=1S/C14H16O4/c1-14(2)13(15)8-12(18-14)9-5-10(16-3)7-11(6-9)17-4/h5-8H,1-4H3. The largest absolute Gasteiger partial charge is 0.497 e. The molecule has 4 nitrogen and oxygen atoms in total. The molecular weight excluding hydrogens is 232 g/mol. The molecule has 0 unspecified atom stereocenters. The van der Waals surface area contributed by atoms with E-state index in [-0.39, 0.29) is 5.78 Å². The van der Waals surface area contributed by atoms with Gasteiger partial charge in [-0.2, -0.15) is 0 Å². The van der Waals surface area contributed by atoms with E-state index in [9.17, 15) is 4.79 Å². The summed E-state index contributed by atoms with van der Waals surface area (Å²) >= 11 is 0. The number of carbonyl (C=O) groups is 1. The Morgan fingerprint density at radius 2 is 1.61 bits per heavy atom. The third-order valence-electron chi connectivity index (χ3n) is 2.86. The molecule has 18 heavy (non-hydrogen) atoms. The van der Waals surface area contributed by atoms with Gasteiger partial charge in [0.1, 0.15) is 17.3 Å². The van der Waals surface area contributed by atoms with Crippen LogP contribution in [0.2, 0.25) is 0 Å². The van der Waals surface area contributed by atoms with Crippen LogP contribution in [0.1, 0.15) is 19.4 Å². The van der Waals surface area contributed by atoms with Crippen molar-refractivity contribution in [3.63, 3.8) is 0 Å². The molecule has 1 aliphatic heterocycles. The quantitative estimate of drug-likeness (QED) is 0.824. The number of ether oxygens (including phenoxy) is 3. The lowest BCUT2D eigenvalue weighted by Gasteiger charge is -2.18. The first-order chi connectivity index (χ1) is 8.46. The number of hydrogen-bond acceptors (Lipinski definition) is 4. The maximum Gasteiger partial charge on any atom is 0.202 e. The third-order valence-corrected chi connectivity index (χ3v) is 2.86. The highest BCUT2D eigenvalue weighted by Gasteiger charge is 2.35. The normalized spacial score (nSPS) is 17.1. The molecule has 96 valence electrons. The number of rotatable bonds is 3. The fourth-order valence-corrected chi connectivity index (χ4v) is 1.74. The van der Waals surface area contributed by atoms with E-state index in [1.165, 1.54) is 6.08 Å². The van der Waals surface area contributed by atoms with Crippen LogP contribution in [0, 0.1) is 0 Å². The van der Waals surface area contributed by atoms with Gasteiger partial charge in [-0.1, -0.05) is 0 Å². The monoisotopic (exact) mass is 248 g/mol. The van der Waals surface area contributed by atoms with Crippen molar-refractivity contribution in [2.24, 2.45) is 0 Å². The first-order valence-electron chi connectivity index (χ1n) is 5.65. The van der Waals surface area contributed by atoms with Crippen molar-refractivity contribution in [3.05, 3.63) is 29.8 Å². The third kappa shape index (κ3) is 2.18. The van der Waals surface area contributed by atoms with Crippen molar-refractivity contribution in [2.75, 3.05) is 14.2 Å². The van der Waals surface area contributed by atoms with E-state index in [0.717, 1.165) is 5.56 Å². The van der Waals surface area contributed by atoms with Crippen LogP contribution in [0.5, 0.6) is 11.5 Å². The van der Waals surface area contributed by atoms with Gasteiger partial charge in [0.15, 0.2) is 5.60 Å². The molecule has 0 saturated heterocycles. The SMILES string of the molecule is COc1cc(OC)cc(C2=CC(=O)C(C)(C)O2)c1. The summed E-state index contributed by atoms with van der Waals surface area (Å²) < 4.78 is 16.0. The van der Waals surface area contributed by atoms with Crippen LogP contribution < -0.4 is 9.47 Å². The predicted octanol–water partition coefficient (Wildman–Crippen LogP) is 2.42. The summed E-state index contributed by atoms with van der Waals surface area (Å²) in [6.07, 6.45) is 1.51. The van der Waals surface area contributed by atoms with Crippen LogP contribution in [-0.4, -0.2) is 25.6 Å². The minimum absolute atomic E-state index is 0.0423. The molecule has 0 atom stereocenters. The summed E-state index contributed by atoms with van der Waals surface area (Å²) in [5.74, 6) is 1.82. The van der Waals surface area contributed by atoms with E-state index < -0.39 is 5.60 Å². The fraction of sp³-hybridized carbons (Fsp3) is 0.357. The fourth-order valence-electron chi connectivity index (χ4n) is 1.74. The van der Waals surface area contributed by atoms with E-state index in [1.54, 1.807) is 34.1 Å². The highest BCUT2D eigenvalue weighted by Crippen LogP contribution is 2.34. The molecule has 0 fully saturated rings. The van der Waals surface area contributed by atoms with Crippen molar-refractivity contribution in [1.82, 2.24) is 0 Å². The highest BCUT2D eigenvalue weighted by atomic mass is 16.5. The van der Waals surface area contributed by atoms with Crippen LogP contribution in [0.15, 0.2) is 24.3 Å². The Kier molecular flexibility index (Phi) is 3.03. The molecule has 0 aliphatic carbocycles. The predicted molar refractivity (Wildman–Crippen MR) is 67.7 cm³/mol. The second-order valence-corrected chi connectivity index (χ2v) is 4.59. The van der Waals surface area contributed by atoms with Crippen LogP contribution in [0.25, 0.3) is 5.76 Å². The van der Waals surface area contributed by atoms with E-state index in [0.29, 0.717) is 17.3 Å². The lowest BCUT2D eigenvalue weighted by molar-refractivity contribution is -0.125. The Labute approximate surface area is 106 Å². The molecule has 0 radical (unpaired) electrons. The number of hydrogen-bond donors (Lipinski definition) is 0. The molecule has 0 N–H and O–H groups in total. The number of carbonyl (C=O) groups excluding carboxylic acids is 1. The Morgan fingerprint density at radius 3 is 2.00 bits per heavy atom. The van der Waals surface area contributed by atoms with E-state index >= 15 is 0 Å². The summed E-state index contributed by atoms with van der Waals surface area (Å²) in [6.45, 7) is 3.49. The van der Waals surface area contributed by atoms with Gasteiger partial charge in [0, 0.05) is 17.7 Å². The summed E-state index contributed by atoms with van der Waals surface area (Å²) in [5.41, 5.74) is -0.0313. The second kappa shape index (κ2) is 4.37. The first kappa shape index (κ1) is 12.5. The van der Waals surface area contributed by atoms with E-state index in [2.05, 4.69) is 0 Å². The molecule has 0 amide bonds. The lowest BCUT2D eigenvalue weighted by atomic mass is 10.1. The van der Waals surface area contributed by atoms with Crippen LogP contribution in [-0.2, 0) is 9.53 Å². The van der Waals surface area contributed by atoms with Crippen molar-refractivity contribution >= 4 is 11.5 Å². The average molecular weight is 248 g/mol. The summed E-state index contributed by atoms with van der Waals surface area (Å²) in [4.78, 5) is 11.7. The van der Waals surface area contributed by atoms with Crippen LogP contribution >= 0.6 is 0 Å². The van der Waals surface area contributed by atoms with Crippen molar-refractivity contribution in [3.8, 4) is 11.5 Å². The maximum absolute atomic E-state index is 11.7. The molecule has 0 bridgehead atoms. The Bertz CT molecular complexity index is 492. The number of ketones is 1. The lowest BCUT2D eigenvalue weighted by Crippen LogP contribution is -2.27. The van der Waals surface area contributed by atoms with Gasteiger partial charge in [-0.3, -0.25) is 4.79 Å². The molecule has 1 aromatic rings. The van der Waals surface area contributed by atoms with Gasteiger partial charge >= 0.3 is 0 Å². The van der Waals surface area contributed by atoms with Crippen molar-refractivity contribution in [1.29, 1.82) is 0 Å². The van der Waals surface area contributed by atoms with Gasteiger partial charge < -0.3 is 14.2 Å². The maximum atomic E-state index is 11.7. The zero-order chi connectivity index (χ0) is 13.3. The van der Waals surface area contributed by atoms with Crippen LogP contribution in [0.3, 0.4) is 0 Å². The van der Waals surface area contributed by atoms with E-state index in [4.69, 9.17) is 14.2 Å². The van der Waals surface area contributed by atoms with Gasteiger partial charge in [-0.05, 0) is 26.0 Å². The molecule has 4 heteroatoms. The molecule has 1 aromatic carbocycles. The molecule has 2 rings (SSSR count). The first-order valence-corrected chi connectivity index (χ1v) is 5.65. The van der Waals surface area contributed by atoms with Gasteiger partial charge in [0.05, 0.1) is 14.2 Å². The summed E-state index contributed by atoms with van der Waals surface area (Å²) in [6, 6.07) is 5.39. The van der Waals surface area contributed by atoms with Crippen molar-refractivity contribution < 1.29 is 19.0 Å². The zero-order valence-corrected chi connectivity index (χ0v) is 10.9. The van der Waals surface area contributed by atoms with E-state index in [1.807, 2.05) is 12.1 Å². The minimum atomic E-state index is -0.800. The van der Waals surface area contributed by atoms with Crippen LogP contribution in [0.4, 0.5) is 0 Å². The molecule has 1 heterocycles. The topological polar surface area (TPSA) is 44.8 Å². The Morgan fingerprint density at radius 1 is 1.06 bits per heavy atom. The Hall–Kier alpha value is -1.97. The minimum Gasteiger partial charge on any atom is -0.497 e. The number of methoxy groups -OCH3 is 2. The smallest absolute Gasteiger partial charge is 0.202 e. The molecule has 1 aliphatic rings. The molecule has 0 spiro atoms. The summed E-state index contributed by atoms with van der Waals surface area (Å²) in [5, 5.41) is 0. The van der Waals surface area contributed by atoms with Gasteiger partial charge in [0.2, 0.25) is 5.78 Å². The van der Waals surface area contributed by atoms with Crippen molar-refractivity contribution in [2.45, 2.75) is 19.4 Å². The average Bonchev–Trinajstić information content (AvgIpc) is 2.63. The molecular formula is C14H16O4. The number of benzene rings is 1. The van der Waals surface area contributed by atoms with Gasteiger partial charge in [0.25, 0.3) is 0 Å². The second-order valence-electron chi connectivity index (χ2n) is 4.59.